The van der Waals surface area contributed by atoms with Gasteiger partial charge in [-0.15, -0.1) is 0 Å². The molecule has 2 atom stereocenters. The molecule has 1 aliphatic carbocycles. The number of amidine groups is 8. The van der Waals surface area contributed by atoms with Crippen molar-refractivity contribution in [3.8, 4) is 0 Å². The van der Waals surface area contributed by atoms with E-state index in [0.29, 0.717) is 46.7 Å². The fourth-order valence-corrected chi connectivity index (χ4v) is 8.06. The minimum absolute atomic E-state index is 0. The Hall–Kier alpha value is -6.54. The van der Waals surface area contributed by atoms with Gasteiger partial charge in [0.1, 0.15) is 11.7 Å². The summed E-state index contributed by atoms with van der Waals surface area (Å²) in [6.45, 7) is 0. The molecule has 0 saturated carbocycles. The second kappa shape index (κ2) is 11.2. The smallest absolute Gasteiger partial charge is 0.164 e. The first-order chi connectivity index (χ1) is 25.7. The predicted octanol–water partition coefficient (Wildman–Crippen LogP) is 6.24. The summed E-state index contributed by atoms with van der Waals surface area (Å²) in [4.78, 5) is 40.7. The van der Waals surface area contributed by atoms with Gasteiger partial charge in [0.05, 0.1) is 11.8 Å². The van der Waals surface area contributed by atoms with E-state index in [-0.39, 0.29) is 28.9 Å². The fourth-order valence-electron chi connectivity index (χ4n) is 8.06. The van der Waals surface area contributed by atoms with Gasteiger partial charge in [-0.05, 0) is 56.2 Å². The van der Waals surface area contributed by atoms with E-state index in [1.54, 1.807) is 0 Å². The molecule has 53 heavy (non-hydrogen) atoms. The van der Waals surface area contributed by atoms with Gasteiger partial charge in [-0.3, -0.25) is 0 Å². The summed E-state index contributed by atoms with van der Waals surface area (Å²) in [7, 11) is 0. The first-order valence-electron chi connectivity index (χ1n) is 17.4. The molecule has 8 bridgehead atoms. The maximum Gasteiger partial charge on any atom is 0.164 e. The van der Waals surface area contributed by atoms with Crippen molar-refractivity contribution in [2.24, 2.45) is 51.8 Å². The van der Waals surface area contributed by atoms with Gasteiger partial charge in [0.25, 0.3) is 0 Å². The number of benzene rings is 6. The largest absolute Gasteiger partial charge is 0.217 e. The Morgan fingerprint density at radius 2 is 0.623 bits per heavy atom. The Labute approximate surface area is 313 Å². The van der Waals surface area contributed by atoms with Gasteiger partial charge < -0.3 is 0 Å². The number of fused-ring (bicyclic) bond motifs is 19. The van der Waals surface area contributed by atoms with Crippen molar-refractivity contribution in [3.05, 3.63) is 165 Å². The van der Waals surface area contributed by atoms with Crippen molar-refractivity contribution in [3.63, 3.8) is 0 Å². The minimum atomic E-state index is -0.149. The second-order valence-corrected chi connectivity index (χ2v) is 13.6. The monoisotopic (exact) mass is 719 g/mol. The van der Waals surface area contributed by atoms with Crippen LogP contribution in [0.2, 0.25) is 0 Å². The zero-order valence-electron chi connectivity index (χ0n) is 27.8. The van der Waals surface area contributed by atoms with Crippen LogP contribution in [0.1, 0.15) is 33.4 Å². The molecule has 0 saturated heterocycles. The minimum Gasteiger partial charge on any atom is -0.217 e. The molecule has 0 spiro atoms. The van der Waals surface area contributed by atoms with Crippen molar-refractivity contribution in [2.45, 2.75) is 0 Å². The van der Waals surface area contributed by atoms with Crippen LogP contribution in [0, 0.1) is 11.8 Å². The van der Waals surface area contributed by atoms with E-state index in [0.717, 1.165) is 43.8 Å². The van der Waals surface area contributed by atoms with Crippen LogP contribution < -0.4 is 10.4 Å². The zero-order valence-corrected chi connectivity index (χ0v) is 29.0. The fraction of sp³-hybridized carbons (Fsp3) is 0.0455. The first-order valence-corrected chi connectivity index (χ1v) is 17.4. The van der Waals surface area contributed by atoms with Crippen molar-refractivity contribution >= 4 is 80.4 Å². The maximum absolute atomic E-state index is 5.22. The Morgan fingerprint density at radius 1 is 0.302 bits per heavy atom. The van der Waals surface area contributed by atoms with Gasteiger partial charge in [-0.1, -0.05) is 109 Å². The third-order valence-electron chi connectivity index (χ3n) is 10.6. The summed E-state index contributed by atoms with van der Waals surface area (Å²) in [6.07, 6.45) is 4.59. The van der Waals surface area contributed by atoms with Gasteiger partial charge in [-0.2, -0.15) is 0 Å². The number of aliphatic imine (C=N–C) groups is 8. The molecule has 9 heteroatoms. The molecule has 247 valence electrons. The quantitative estimate of drug-likeness (QED) is 0.131. The third kappa shape index (κ3) is 4.54. The predicted molar refractivity (Wildman–Crippen MR) is 210 cm³/mol. The molecule has 8 nitrogen and oxygen atoms in total. The van der Waals surface area contributed by atoms with Gasteiger partial charge in [0.15, 0.2) is 35.0 Å². The molecule has 6 aromatic carbocycles. The SMILES string of the molecule is C1=c2cc3cc4ccccc4cc3cc2=CC2C3=NC(=NC4=NC(=NC5=NC(=NC6=NC(=N3)c3ccccc36)c3ccccc35)c3ccccc34)C12.[Mn]. The van der Waals surface area contributed by atoms with Crippen molar-refractivity contribution in [1.82, 2.24) is 0 Å². The molecule has 6 aliphatic rings. The Morgan fingerprint density at radius 3 is 1.02 bits per heavy atom. The van der Waals surface area contributed by atoms with Gasteiger partial charge in [-0.25, -0.2) is 39.9 Å². The number of hydrogen-bond donors (Lipinski definition) is 0. The van der Waals surface area contributed by atoms with Crippen LogP contribution in [0.25, 0.3) is 33.7 Å². The molecule has 5 heterocycles. The molecule has 12 rings (SSSR count). The Bertz CT molecular complexity index is 3090. The maximum atomic E-state index is 5.22. The average molecular weight is 720 g/mol. The molecule has 5 aliphatic heterocycles. The van der Waals surface area contributed by atoms with E-state index in [1.165, 1.54) is 21.5 Å². The van der Waals surface area contributed by atoms with Gasteiger partial charge >= 0.3 is 0 Å². The molecule has 1 radical (unpaired) electrons. The van der Waals surface area contributed by atoms with Crippen LogP contribution in [0.4, 0.5) is 0 Å². The number of hydrogen-bond acceptors (Lipinski definition) is 8. The molecule has 6 aromatic rings. The summed E-state index contributed by atoms with van der Waals surface area (Å²) in [5.74, 6) is 4.39. The van der Waals surface area contributed by atoms with E-state index in [9.17, 15) is 0 Å². The molecular weight excluding hydrogens is 695 g/mol. The summed E-state index contributed by atoms with van der Waals surface area (Å²) in [5, 5.41) is 7.14. The van der Waals surface area contributed by atoms with Crippen LogP contribution in [-0.2, 0) is 17.1 Å². The van der Waals surface area contributed by atoms with Gasteiger partial charge in [0, 0.05) is 50.4 Å². The zero-order chi connectivity index (χ0) is 33.9. The molecule has 2 unspecified atom stereocenters. The van der Waals surface area contributed by atoms with E-state index >= 15 is 0 Å². The van der Waals surface area contributed by atoms with Crippen LogP contribution in [0.15, 0.2) is 161 Å². The molecule has 0 amide bonds. The number of rotatable bonds is 0. The molecule has 0 N–H and O–H groups in total. The Balaban J connectivity index is 0.00000331. The normalized spacial score (nSPS) is 19.6. The topological polar surface area (TPSA) is 98.9 Å². The summed E-state index contributed by atoms with van der Waals surface area (Å²) >= 11 is 0. The van der Waals surface area contributed by atoms with E-state index < -0.39 is 0 Å². The third-order valence-corrected chi connectivity index (χ3v) is 10.6. The standard InChI is InChI=1S/C44H24N8.Mn/c1-2-10-24-18-26-20-28-22-36-35(21-27(28)19-25(26)17-23(24)9-1)43-50-41-33-15-7-5-13-31(33)39(48-41)46-37-29-11-3-4-12-30(29)38(45-37)47-40-32-14-6-8-16-34(32)42(49-40)51-44(36)52-43;/h1-22,35-36H;. The van der Waals surface area contributed by atoms with E-state index in [4.69, 9.17) is 39.9 Å². The van der Waals surface area contributed by atoms with Crippen molar-refractivity contribution < 1.29 is 17.1 Å². The van der Waals surface area contributed by atoms with Crippen LogP contribution in [0.5, 0.6) is 0 Å². The van der Waals surface area contributed by atoms with E-state index in [1.807, 2.05) is 72.8 Å². The molecular formula is C44H24MnN8. The summed E-state index contributed by atoms with van der Waals surface area (Å²) in [6, 6.07) is 41.8. The second-order valence-electron chi connectivity index (χ2n) is 13.6. The molecule has 0 aromatic heterocycles. The van der Waals surface area contributed by atoms with Crippen molar-refractivity contribution in [1.29, 1.82) is 0 Å². The summed E-state index contributed by atoms with van der Waals surface area (Å²) in [5.41, 5.74) is 5.40. The van der Waals surface area contributed by atoms with E-state index in [2.05, 4.69) is 60.7 Å². The first kappa shape index (κ1) is 30.1. The van der Waals surface area contributed by atoms with Crippen LogP contribution >= 0.6 is 0 Å². The van der Waals surface area contributed by atoms with Crippen LogP contribution in [0.3, 0.4) is 0 Å². The summed E-state index contributed by atoms with van der Waals surface area (Å²) < 4.78 is 0. The van der Waals surface area contributed by atoms with Gasteiger partial charge in [0.2, 0.25) is 0 Å². The van der Waals surface area contributed by atoms with Crippen LogP contribution in [-0.4, -0.2) is 46.7 Å². The molecule has 0 fully saturated rings. The number of nitrogens with zero attached hydrogens (tertiary/aromatic N) is 8. The Kier molecular flexibility index (Phi) is 6.38. The van der Waals surface area contributed by atoms with Crippen molar-refractivity contribution in [2.75, 3.05) is 0 Å². The average Bonchev–Trinajstić information content (AvgIpc) is 3.91.